The number of aryl methyl sites for hydroxylation is 1. The third kappa shape index (κ3) is 2.65. The summed E-state index contributed by atoms with van der Waals surface area (Å²) in [6.07, 6.45) is -1.10. The van der Waals surface area contributed by atoms with Crippen LogP contribution in [0, 0.1) is 0 Å². The highest BCUT2D eigenvalue weighted by molar-refractivity contribution is 4.82. The van der Waals surface area contributed by atoms with E-state index in [4.69, 9.17) is 0 Å². The summed E-state index contributed by atoms with van der Waals surface area (Å²) in [4.78, 5) is 11.3. The van der Waals surface area contributed by atoms with E-state index in [0.29, 0.717) is 11.1 Å². The third-order valence-electron chi connectivity index (χ3n) is 1.73. The maximum atomic E-state index is 11.9. The van der Waals surface area contributed by atoms with Gasteiger partial charge in [-0.25, -0.2) is 4.79 Å². The second-order valence-corrected chi connectivity index (χ2v) is 3.02. The van der Waals surface area contributed by atoms with Crippen LogP contribution in [0.1, 0.15) is 13.3 Å². The van der Waals surface area contributed by atoms with Crippen molar-refractivity contribution in [2.24, 2.45) is 0 Å². The number of imidazole rings is 1. The van der Waals surface area contributed by atoms with Crippen LogP contribution < -0.4 is 5.69 Å². The number of rotatable bonds is 3. The first-order valence-electron chi connectivity index (χ1n) is 4.26. The molecule has 0 radical (unpaired) electrons. The summed E-state index contributed by atoms with van der Waals surface area (Å²) in [5.41, 5.74) is -0.607. The van der Waals surface area contributed by atoms with Gasteiger partial charge in [-0.05, 0) is 6.42 Å². The van der Waals surface area contributed by atoms with Crippen molar-refractivity contribution >= 4 is 0 Å². The average Bonchev–Trinajstić information content (AvgIpc) is 2.34. The van der Waals surface area contributed by atoms with E-state index in [2.05, 4.69) is 0 Å². The molecular weight excluding hydrogens is 197 g/mol. The molecule has 0 aliphatic rings. The molecule has 0 unspecified atom stereocenters. The van der Waals surface area contributed by atoms with Crippen LogP contribution in [0.2, 0.25) is 0 Å². The van der Waals surface area contributed by atoms with Crippen molar-refractivity contribution in [2.75, 3.05) is 0 Å². The lowest BCUT2D eigenvalue weighted by molar-refractivity contribution is -0.141. The van der Waals surface area contributed by atoms with E-state index >= 15 is 0 Å². The van der Waals surface area contributed by atoms with Gasteiger partial charge in [-0.2, -0.15) is 13.2 Å². The number of aromatic nitrogens is 2. The van der Waals surface area contributed by atoms with E-state index in [9.17, 15) is 18.0 Å². The zero-order valence-electron chi connectivity index (χ0n) is 7.71. The molecule has 0 fully saturated rings. The van der Waals surface area contributed by atoms with Gasteiger partial charge in [-0.1, -0.05) is 6.92 Å². The molecule has 0 saturated heterocycles. The first-order valence-corrected chi connectivity index (χ1v) is 4.26. The molecular formula is C8H11F3N2O. The number of hydrogen-bond acceptors (Lipinski definition) is 1. The van der Waals surface area contributed by atoms with E-state index in [1.807, 2.05) is 6.92 Å². The van der Waals surface area contributed by atoms with Crippen molar-refractivity contribution < 1.29 is 13.2 Å². The Hall–Kier alpha value is -1.20. The lowest BCUT2D eigenvalue weighted by Gasteiger charge is -2.05. The first-order chi connectivity index (χ1) is 6.44. The standard InChI is InChI=1S/C8H11F3N2O/c1-2-3-12-4-5-13(7(12)14)6-8(9,10)11/h4-5H,2-3,6H2,1H3. The summed E-state index contributed by atoms with van der Waals surface area (Å²) < 4.78 is 37.8. The molecule has 1 aromatic heterocycles. The predicted octanol–water partition coefficient (Wildman–Crippen LogP) is 1.62. The van der Waals surface area contributed by atoms with E-state index in [0.717, 1.165) is 12.6 Å². The molecule has 0 amide bonds. The number of hydrogen-bond donors (Lipinski definition) is 0. The summed E-state index contributed by atoms with van der Waals surface area (Å²) >= 11 is 0. The minimum Gasteiger partial charge on any atom is -0.299 e. The van der Waals surface area contributed by atoms with Crippen LogP contribution in [0.5, 0.6) is 0 Å². The Morgan fingerprint density at radius 3 is 2.36 bits per heavy atom. The molecule has 1 rings (SSSR count). The van der Waals surface area contributed by atoms with E-state index in [1.54, 1.807) is 0 Å². The Bertz CT molecular complexity index is 350. The Kier molecular flexibility index (Phi) is 3.03. The predicted molar refractivity (Wildman–Crippen MR) is 45.0 cm³/mol. The molecule has 0 aliphatic carbocycles. The molecule has 1 heterocycles. The second kappa shape index (κ2) is 3.89. The Labute approximate surface area is 78.8 Å². The fourth-order valence-corrected chi connectivity index (χ4v) is 1.18. The van der Waals surface area contributed by atoms with E-state index < -0.39 is 18.4 Å². The number of halogens is 3. The highest BCUT2D eigenvalue weighted by atomic mass is 19.4. The number of alkyl halides is 3. The monoisotopic (exact) mass is 208 g/mol. The highest BCUT2D eigenvalue weighted by Crippen LogP contribution is 2.16. The topological polar surface area (TPSA) is 26.9 Å². The van der Waals surface area contributed by atoms with Crippen molar-refractivity contribution in [3.63, 3.8) is 0 Å². The molecule has 0 saturated carbocycles. The maximum Gasteiger partial charge on any atom is 0.406 e. The third-order valence-corrected chi connectivity index (χ3v) is 1.73. The summed E-state index contributed by atoms with van der Waals surface area (Å²) in [5, 5.41) is 0. The second-order valence-electron chi connectivity index (χ2n) is 3.02. The lowest BCUT2D eigenvalue weighted by Crippen LogP contribution is -2.29. The van der Waals surface area contributed by atoms with Gasteiger partial charge in [0.25, 0.3) is 0 Å². The van der Waals surface area contributed by atoms with Gasteiger partial charge in [-0.3, -0.25) is 9.13 Å². The first kappa shape index (κ1) is 10.9. The zero-order valence-corrected chi connectivity index (χ0v) is 7.71. The van der Waals surface area contributed by atoms with Crippen molar-refractivity contribution in [1.82, 2.24) is 9.13 Å². The fourth-order valence-electron chi connectivity index (χ4n) is 1.18. The van der Waals surface area contributed by atoms with E-state index in [1.165, 1.54) is 10.8 Å². The summed E-state index contributed by atoms with van der Waals surface area (Å²) in [6, 6.07) is 0. The van der Waals surface area contributed by atoms with Crippen molar-refractivity contribution in [2.45, 2.75) is 32.6 Å². The van der Waals surface area contributed by atoms with Crippen LogP contribution in [0.25, 0.3) is 0 Å². The SMILES string of the molecule is CCCn1ccn(CC(F)(F)F)c1=O. The molecule has 0 aliphatic heterocycles. The highest BCUT2D eigenvalue weighted by Gasteiger charge is 2.28. The van der Waals surface area contributed by atoms with Crippen molar-refractivity contribution in [3.05, 3.63) is 22.9 Å². The van der Waals surface area contributed by atoms with Gasteiger partial charge >= 0.3 is 11.9 Å². The Morgan fingerprint density at radius 1 is 1.29 bits per heavy atom. The molecule has 14 heavy (non-hydrogen) atoms. The van der Waals surface area contributed by atoms with Gasteiger partial charge in [0.05, 0.1) is 0 Å². The summed E-state index contributed by atoms with van der Waals surface area (Å²) in [7, 11) is 0. The van der Waals surface area contributed by atoms with Crippen LogP contribution in [0.15, 0.2) is 17.2 Å². The molecule has 0 spiro atoms. The molecule has 3 nitrogen and oxygen atoms in total. The van der Waals surface area contributed by atoms with Crippen molar-refractivity contribution in [3.8, 4) is 0 Å². The van der Waals surface area contributed by atoms with Gasteiger partial charge in [-0.15, -0.1) is 0 Å². The van der Waals surface area contributed by atoms with Crippen LogP contribution in [0.3, 0.4) is 0 Å². The molecule has 80 valence electrons. The molecule has 0 atom stereocenters. The quantitative estimate of drug-likeness (QED) is 0.741. The minimum atomic E-state index is -4.35. The normalized spacial score (nSPS) is 12.0. The van der Waals surface area contributed by atoms with Crippen LogP contribution >= 0.6 is 0 Å². The average molecular weight is 208 g/mol. The van der Waals surface area contributed by atoms with Gasteiger partial charge < -0.3 is 0 Å². The smallest absolute Gasteiger partial charge is 0.299 e. The number of nitrogens with zero attached hydrogens (tertiary/aromatic N) is 2. The Balaban J connectivity index is 2.85. The molecule has 1 aromatic rings. The lowest BCUT2D eigenvalue weighted by atomic mass is 10.5. The Morgan fingerprint density at radius 2 is 1.86 bits per heavy atom. The van der Waals surface area contributed by atoms with Gasteiger partial charge in [0.2, 0.25) is 0 Å². The molecule has 0 aromatic carbocycles. The zero-order chi connectivity index (χ0) is 10.8. The van der Waals surface area contributed by atoms with Crippen LogP contribution in [-0.4, -0.2) is 15.3 Å². The largest absolute Gasteiger partial charge is 0.406 e. The fraction of sp³-hybridized carbons (Fsp3) is 0.625. The van der Waals surface area contributed by atoms with Gasteiger partial charge in [0, 0.05) is 18.9 Å². The van der Waals surface area contributed by atoms with Crippen LogP contribution in [0.4, 0.5) is 13.2 Å². The minimum absolute atomic E-state index is 0.448. The van der Waals surface area contributed by atoms with E-state index in [-0.39, 0.29) is 0 Å². The molecule has 6 heteroatoms. The molecule has 0 N–H and O–H groups in total. The summed E-state index contributed by atoms with van der Waals surface area (Å²) in [6.45, 7) is 1.08. The molecule has 0 bridgehead atoms. The van der Waals surface area contributed by atoms with Crippen molar-refractivity contribution in [1.29, 1.82) is 0 Å². The van der Waals surface area contributed by atoms with Crippen LogP contribution in [-0.2, 0) is 13.1 Å². The summed E-state index contributed by atoms with van der Waals surface area (Å²) in [5.74, 6) is 0. The van der Waals surface area contributed by atoms with Gasteiger partial charge in [0.1, 0.15) is 6.54 Å². The van der Waals surface area contributed by atoms with Gasteiger partial charge in [0.15, 0.2) is 0 Å². The maximum absolute atomic E-state index is 11.9.